The summed E-state index contributed by atoms with van der Waals surface area (Å²) >= 11 is 0. The van der Waals surface area contributed by atoms with Crippen LogP contribution >= 0.6 is 0 Å². The number of aliphatic carboxylic acids is 1. The molecule has 18 heavy (non-hydrogen) atoms. The minimum atomic E-state index is -0.805. The molecule has 1 aliphatic heterocycles. The monoisotopic (exact) mass is 253 g/mol. The molecule has 2 fully saturated rings. The van der Waals surface area contributed by atoms with Gasteiger partial charge in [0.15, 0.2) is 0 Å². The van der Waals surface area contributed by atoms with Crippen LogP contribution in [0.5, 0.6) is 0 Å². The van der Waals surface area contributed by atoms with E-state index in [0.29, 0.717) is 6.42 Å². The number of nitrogens with zero attached hydrogens (tertiary/aromatic N) is 1. The van der Waals surface area contributed by atoms with Crippen LogP contribution in [-0.4, -0.2) is 35.0 Å². The van der Waals surface area contributed by atoms with Gasteiger partial charge >= 0.3 is 5.97 Å². The fourth-order valence-corrected chi connectivity index (χ4v) is 3.12. The normalized spacial score (nSPS) is 32.5. The highest BCUT2D eigenvalue weighted by Crippen LogP contribution is 2.36. The Morgan fingerprint density at radius 3 is 2.39 bits per heavy atom. The zero-order chi connectivity index (χ0) is 13.1. The molecule has 0 aromatic heterocycles. The Kier molecular flexibility index (Phi) is 4.25. The third-order valence-corrected chi connectivity index (χ3v) is 4.65. The molecule has 0 aromatic rings. The van der Waals surface area contributed by atoms with Crippen LogP contribution < -0.4 is 0 Å². The van der Waals surface area contributed by atoms with Gasteiger partial charge in [-0.3, -0.25) is 9.59 Å². The summed E-state index contributed by atoms with van der Waals surface area (Å²) < 4.78 is 0. The number of carboxylic acid groups (broad SMARTS) is 1. The van der Waals surface area contributed by atoms with Gasteiger partial charge in [0.1, 0.15) is 0 Å². The summed E-state index contributed by atoms with van der Waals surface area (Å²) in [6, 6.07) is 0. The van der Waals surface area contributed by atoms with Crippen molar-refractivity contribution in [2.45, 2.75) is 45.4 Å². The van der Waals surface area contributed by atoms with Crippen molar-refractivity contribution in [3.05, 3.63) is 0 Å². The molecule has 1 saturated heterocycles. The van der Waals surface area contributed by atoms with Crippen molar-refractivity contribution in [3.8, 4) is 0 Å². The Morgan fingerprint density at radius 1 is 1.11 bits per heavy atom. The summed E-state index contributed by atoms with van der Waals surface area (Å²) in [7, 11) is 0. The highest BCUT2D eigenvalue weighted by atomic mass is 16.4. The number of rotatable bonds is 3. The van der Waals surface area contributed by atoms with E-state index in [1.54, 1.807) is 0 Å². The van der Waals surface area contributed by atoms with Crippen LogP contribution in [0.1, 0.15) is 45.4 Å². The number of carboxylic acids is 1. The third-order valence-electron chi connectivity index (χ3n) is 4.65. The first-order valence-corrected chi connectivity index (χ1v) is 7.15. The third kappa shape index (κ3) is 2.68. The van der Waals surface area contributed by atoms with E-state index in [9.17, 15) is 9.59 Å². The maximum Gasteiger partial charge on any atom is 0.307 e. The number of hydrogen-bond donors (Lipinski definition) is 1. The molecule has 1 heterocycles. The van der Waals surface area contributed by atoms with Gasteiger partial charge in [-0.05, 0) is 38.0 Å². The average Bonchev–Trinajstić information content (AvgIpc) is 2.51. The summed E-state index contributed by atoms with van der Waals surface area (Å²) in [5, 5.41) is 9.02. The zero-order valence-electron chi connectivity index (χ0n) is 11.1. The highest BCUT2D eigenvalue weighted by Gasteiger charge is 2.43. The maximum absolute atomic E-state index is 12.3. The molecule has 1 saturated carbocycles. The van der Waals surface area contributed by atoms with E-state index < -0.39 is 11.9 Å². The summed E-state index contributed by atoms with van der Waals surface area (Å²) in [5.74, 6) is -0.658. The van der Waals surface area contributed by atoms with Crippen molar-refractivity contribution in [3.63, 3.8) is 0 Å². The first-order chi connectivity index (χ1) is 8.63. The maximum atomic E-state index is 12.3. The smallest absolute Gasteiger partial charge is 0.307 e. The second kappa shape index (κ2) is 5.72. The van der Waals surface area contributed by atoms with Crippen LogP contribution in [0.15, 0.2) is 0 Å². The molecule has 0 aromatic carbocycles. The molecule has 3 unspecified atom stereocenters. The molecular formula is C14H23NO3. The molecule has 0 bridgehead atoms. The first kappa shape index (κ1) is 13.4. The van der Waals surface area contributed by atoms with Crippen molar-refractivity contribution in [1.82, 2.24) is 4.90 Å². The minimum Gasteiger partial charge on any atom is -0.481 e. The Labute approximate surface area is 108 Å². The van der Waals surface area contributed by atoms with Crippen molar-refractivity contribution < 1.29 is 14.7 Å². The van der Waals surface area contributed by atoms with Gasteiger partial charge in [-0.1, -0.05) is 13.3 Å². The number of hydrogen-bond acceptors (Lipinski definition) is 2. The summed E-state index contributed by atoms with van der Waals surface area (Å²) in [5.41, 5.74) is 0. The van der Waals surface area contributed by atoms with Crippen molar-refractivity contribution in [2.24, 2.45) is 17.8 Å². The fourth-order valence-electron chi connectivity index (χ4n) is 3.12. The second-order valence-electron chi connectivity index (χ2n) is 5.66. The van der Waals surface area contributed by atoms with Gasteiger partial charge in [0, 0.05) is 13.1 Å². The zero-order valence-corrected chi connectivity index (χ0v) is 11.1. The quantitative estimate of drug-likeness (QED) is 0.838. The number of carbonyl (C=O) groups is 2. The molecule has 3 atom stereocenters. The standard InChI is InChI=1S/C14H23NO3/c1-2-10-4-3-8-15(9-7-10)13(16)11-5-6-12(11)14(17)18/h10-12H,2-9H2,1H3,(H,17,18). The molecule has 4 nitrogen and oxygen atoms in total. The molecular weight excluding hydrogens is 230 g/mol. The molecule has 1 N–H and O–H groups in total. The second-order valence-corrected chi connectivity index (χ2v) is 5.66. The average molecular weight is 253 g/mol. The van der Waals surface area contributed by atoms with Crippen molar-refractivity contribution >= 4 is 11.9 Å². The SMILES string of the molecule is CCC1CCCN(C(=O)C2CCC2C(=O)O)CC1. The summed E-state index contributed by atoms with van der Waals surface area (Å²) in [6.07, 6.45) is 5.94. The van der Waals surface area contributed by atoms with Crippen LogP contribution in [0, 0.1) is 17.8 Å². The number of amides is 1. The lowest BCUT2D eigenvalue weighted by molar-refractivity contribution is -0.156. The highest BCUT2D eigenvalue weighted by molar-refractivity contribution is 5.86. The Morgan fingerprint density at radius 2 is 1.83 bits per heavy atom. The van der Waals surface area contributed by atoms with E-state index in [1.807, 2.05) is 4.90 Å². The van der Waals surface area contributed by atoms with E-state index in [2.05, 4.69) is 6.92 Å². The lowest BCUT2D eigenvalue weighted by Gasteiger charge is -2.36. The Bertz CT molecular complexity index is 329. The molecule has 1 amide bonds. The van der Waals surface area contributed by atoms with Crippen LogP contribution in [0.3, 0.4) is 0 Å². The van der Waals surface area contributed by atoms with E-state index >= 15 is 0 Å². The predicted molar refractivity (Wildman–Crippen MR) is 68.1 cm³/mol. The lowest BCUT2D eigenvalue weighted by atomic mass is 9.73. The topological polar surface area (TPSA) is 57.6 Å². The van der Waals surface area contributed by atoms with Crippen LogP contribution in [0.25, 0.3) is 0 Å². The van der Waals surface area contributed by atoms with Crippen LogP contribution in [0.4, 0.5) is 0 Å². The molecule has 2 rings (SSSR count). The van der Waals surface area contributed by atoms with Gasteiger partial charge < -0.3 is 10.0 Å². The fraction of sp³-hybridized carbons (Fsp3) is 0.857. The molecule has 0 radical (unpaired) electrons. The number of carbonyl (C=O) groups excluding carboxylic acids is 1. The molecule has 0 spiro atoms. The van der Waals surface area contributed by atoms with Gasteiger partial charge in [-0.15, -0.1) is 0 Å². The van der Waals surface area contributed by atoms with Gasteiger partial charge in [-0.25, -0.2) is 0 Å². The van der Waals surface area contributed by atoms with Crippen LogP contribution in [0.2, 0.25) is 0 Å². The predicted octanol–water partition coefficient (Wildman–Crippen LogP) is 2.14. The summed E-state index contributed by atoms with van der Waals surface area (Å²) in [6.45, 7) is 3.84. The number of likely N-dealkylation sites (tertiary alicyclic amines) is 1. The van der Waals surface area contributed by atoms with Crippen molar-refractivity contribution in [1.29, 1.82) is 0 Å². The van der Waals surface area contributed by atoms with Crippen molar-refractivity contribution in [2.75, 3.05) is 13.1 Å². The van der Waals surface area contributed by atoms with Gasteiger partial charge in [0.25, 0.3) is 0 Å². The molecule has 4 heteroatoms. The first-order valence-electron chi connectivity index (χ1n) is 7.15. The van der Waals surface area contributed by atoms with Gasteiger partial charge in [0.2, 0.25) is 5.91 Å². The molecule has 102 valence electrons. The van der Waals surface area contributed by atoms with E-state index in [0.717, 1.165) is 38.3 Å². The Hall–Kier alpha value is -1.06. The van der Waals surface area contributed by atoms with E-state index in [1.165, 1.54) is 12.8 Å². The van der Waals surface area contributed by atoms with Gasteiger partial charge in [0.05, 0.1) is 11.8 Å². The van der Waals surface area contributed by atoms with E-state index in [-0.39, 0.29) is 11.8 Å². The van der Waals surface area contributed by atoms with Gasteiger partial charge in [-0.2, -0.15) is 0 Å². The summed E-state index contributed by atoms with van der Waals surface area (Å²) in [4.78, 5) is 25.2. The van der Waals surface area contributed by atoms with E-state index in [4.69, 9.17) is 5.11 Å². The lowest BCUT2D eigenvalue weighted by Crippen LogP contribution is -2.46. The minimum absolute atomic E-state index is 0.0883. The largest absolute Gasteiger partial charge is 0.481 e. The molecule has 1 aliphatic carbocycles. The Balaban J connectivity index is 1.91. The van der Waals surface area contributed by atoms with Crippen LogP contribution in [-0.2, 0) is 9.59 Å². The molecule has 2 aliphatic rings.